The number of halogens is 1. The van der Waals surface area contributed by atoms with Crippen LogP contribution < -0.4 is 10.6 Å². The lowest BCUT2D eigenvalue weighted by molar-refractivity contribution is 0.158. The maximum Gasteiger partial charge on any atom is 0.191 e. The van der Waals surface area contributed by atoms with Gasteiger partial charge in [0.25, 0.3) is 0 Å². The third-order valence-corrected chi connectivity index (χ3v) is 5.35. The number of aryl methyl sites for hydroxylation is 3. The van der Waals surface area contributed by atoms with Crippen LogP contribution in [0.15, 0.2) is 11.1 Å². The van der Waals surface area contributed by atoms with Gasteiger partial charge in [-0.05, 0) is 79.0 Å². The highest BCUT2D eigenvalue weighted by molar-refractivity contribution is 14.0. The van der Waals surface area contributed by atoms with E-state index in [0.717, 1.165) is 50.3 Å². The zero-order valence-electron chi connectivity index (χ0n) is 18.3. The minimum absolute atomic E-state index is 0. The maximum absolute atomic E-state index is 4.71. The van der Waals surface area contributed by atoms with Crippen molar-refractivity contribution in [2.75, 3.05) is 32.7 Å². The number of nitrogens with zero attached hydrogens (tertiary/aromatic N) is 4. The van der Waals surface area contributed by atoms with Gasteiger partial charge >= 0.3 is 0 Å². The Morgan fingerprint density at radius 2 is 2.00 bits per heavy atom. The number of aromatic nitrogens is 2. The fraction of sp³-hybridized carbons (Fsp3) is 0.810. The SMILES string of the molecule is CCNC(=NCCCn1nc(C)cc1C)NCCCCN1CCCCC1C.I. The molecule has 1 aromatic heterocycles. The molecule has 2 rings (SSSR count). The molecule has 0 spiro atoms. The number of hydrogen-bond acceptors (Lipinski definition) is 3. The van der Waals surface area contributed by atoms with Crippen LogP contribution in [0, 0.1) is 13.8 Å². The first-order valence-corrected chi connectivity index (χ1v) is 10.9. The van der Waals surface area contributed by atoms with E-state index in [0.29, 0.717) is 0 Å². The standard InChI is InChI=1S/C21H40N6.HI/c1-5-22-21(24-13-10-16-27-20(4)17-18(2)25-27)23-12-7-9-15-26-14-8-6-11-19(26)3;/h17,19H,5-16H2,1-4H3,(H2,22,23,24);1H. The molecule has 1 unspecified atom stereocenters. The Balaban J connectivity index is 0.00000392. The van der Waals surface area contributed by atoms with Crippen LogP contribution in [-0.2, 0) is 6.54 Å². The van der Waals surface area contributed by atoms with Crippen LogP contribution in [0.25, 0.3) is 0 Å². The van der Waals surface area contributed by atoms with Crippen LogP contribution >= 0.6 is 24.0 Å². The summed E-state index contributed by atoms with van der Waals surface area (Å²) in [6, 6.07) is 2.90. The van der Waals surface area contributed by atoms with Crippen LogP contribution in [0.4, 0.5) is 0 Å². The highest BCUT2D eigenvalue weighted by atomic mass is 127. The smallest absolute Gasteiger partial charge is 0.191 e. The van der Waals surface area contributed by atoms with E-state index in [1.807, 2.05) is 6.92 Å². The number of likely N-dealkylation sites (tertiary alicyclic amines) is 1. The number of hydrogen-bond donors (Lipinski definition) is 2. The maximum atomic E-state index is 4.71. The molecule has 1 saturated heterocycles. The predicted molar refractivity (Wildman–Crippen MR) is 130 cm³/mol. The van der Waals surface area contributed by atoms with Crippen LogP contribution in [0.1, 0.15) is 63.8 Å². The summed E-state index contributed by atoms with van der Waals surface area (Å²) in [4.78, 5) is 7.36. The highest BCUT2D eigenvalue weighted by Gasteiger charge is 2.16. The predicted octanol–water partition coefficient (Wildman–Crippen LogP) is 3.72. The molecule has 0 saturated carbocycles. The molecule has 1 aliphatic heterocycles. The van der Waals surface area contributed by atoms with E-state index in [1.54, 1.807) is 0 Å². The van der Waals surface area contributed by atoms with Crippen molar-refractivity contribution in [2.24, 2.45) is 4.99 Å². The molecule has 1 aliphatic rings. The molecule has 0 amide bonds. The van der Waals surface area contributed by atoms with E-state index in [-0.39, 0.29) is 24.0 Å². The normalized spacial score (nSPS) is 18.0. The van der Waals surface area contributed by atoms with Crippen LogP contribution in [0.5, 0.6) is 0 Å². The molecule has 1 aromatic rings. The molecule has 6 nitrogen and oxygen atoms in total. The van der Waals surface area contributed by atoms with Crippen LogP contribution in [0.2, 0.25) is 0 Å². The van der Waals surface area contributed by atoms with Crippen molar-refractivity contribution in [3.8, 4) is 0 Å². The molecule has 0 aliphatic carbocycles. The summed E-state index contributed by atoms with van der Waals surface area (Å²) < 4.78 is 2.08. The number of nitrogens with one attached hydrogen (secondary N) is 2. The molecular formula is C21H41IN6. The number of aliphatic imine (C=N–C) groups is 1. The molecule has 28 heavy (non-hydrogen) atoms. The summed E-state index contributed by atoms with van der Waals surface area (Å²) in [7, 11) is 0. The largest absolute Gasteiger partial charge is 0.357 e. The quantitative estimate of drug-likeness (QED) is 0.221. The molecular weight excluding hydrogens is 463 g/mol. The van der Waals surface area contributed by atoms with Gasteiger partial charge in [-0.2, -0.15) is 5.10 Å². The van der Waals surface area contributed by atoms with Crippen molar-refractivity contribution in [1.29, 1.82) is 0 Å². The summed E-state index contributed by atoms with van der Waals surface area (Å²) in [5.74, 6) is 0.942. The molecule has 0 bridgehead atoms. The Morgan fingerprint density at radius 1 is 1.18 bits per heavy atom. The van der Waals surface area contributed by atoms with Crippen molar-refractivity contribution in [1.82, 2.24) is 25.3 Å². The van der Waals surface area contributed by atoms with Crippen molar-refractivity contribution < 1.29 is 0 Å². The minimum atomic E-state index is 0. The van der Waals surface area contributed by atoms with Crippen LogP contribution in [0.3, 0.4) is 0 Å². The van der Waals surface area contributed by atoms with E-state index in [2.05, 4.69) is 52.2 Å². The summed E-state index contributed by atoms with van der Waals surface area (Å²) in [5, 5.41) is 11.3. The van der Waals surface area contributed by atoms with Gasteiger partial charge in [0.15, 0.2) is 5.96 Å². The Labute approximate surface area is 189 Å². The fourth-order valence-electron chi connectivity index (χ4n) is 3.79. The Hall–Kier alpha value is -0.830. The minimum Gasteiger partial charge on any atom is -0.357 e. The van der Waals surface area contributed by atoms with Crippen molar-refractivity contribution >= 4 is 29.9 Å². The summed E-state index contributed by atoms with van der Waals surface area (Å²) in [5.41, 5.74) is 2.31. The first kappa shape index (κ1) is 25.2. The van der Waals surface area contributed by atoms with Gasteiger partial charge in [0.2, 0.25) is 0 Å². The van der Waals surface area contributed by atoms with Gasteiger partial charge in [-0.15, -0.1) is 24.0 Å². The summed E-state index contributed by atoms with van der Waals surface area (Å²) in [6.45, 7) is 14.8. The lowest BCUT2D eigenvalue weighted by Crippen LogP contribution is -2.39. The first-order valence-electron chi connectivity index (χ1n) is 10.9. The Bertz CT molecular complexity index is 571. The molecule has 0 aromatic carbocycles. The zero-order chi connectivity index (χ0) is 19.5. The van der Waals surface area contributed by atoms with Gasteiger partial charge in [-0.1, -0.05) is 6.42 Å². The van der Waals surface area contributed by atoms with Crippen LogP contribution in [-0.4, -0.2) is 59.4 Å². The second-order valence-electron chi connectivity index (χ2n) is 7.78. The average Bonchev–Trinajstić information content (AvgIpc) is 2.97. The second-order valence-corrected chi connectivity index (χ2v) is 7.78. The van der Waals surface area contributed by atoms with E-state index < -0.39 is 0 Å². The topological polar surface area (TPSA) is 57.5 Å². The van der Waals surface area contributed by atoms with E-state index in [4.69, 9.17) is 4.99 Å². The molecule has 1 fully saturated rings. The van der Waals surface area contributed by atoms with E-state index in [9.17, 15) is 0 Å². The number of unbranched alkanes of at least 4 members (excludes halogenated alkanes) is 1. The van der Waals surface area contributed by atoms with Gasteiger partial charge in [0.05, 0.1) is 5.69 Å². The first-order chi connectivity index (χ1) is 13.1. The third-order valence-electron chi connectivity index (χ3n) is 5.35. The van der Waals surface area contributed by atoms with Crippen molar-refractivity contribution in [3.63, 3.8) is 0 Å². The Kier molecular flexibility index (Phi) is 12.8. The average molecular weight is 505 g/mol. The molecule has 1 atom stereocenters. The number of piperidine rings is 1. The number of rotatable bonds is 10. The molecule has 0 radical (unpaired) electrons. The van der Waals surface area contributed by atoms with Gasteiger partial charge in [0.1, 0.15) is 0 Å². The van der Waals surface area contributed by atoms with Crippen molar-refractivity contribution in [2.45, 2.75) is 78.8 Å². The lowest BCUT2D eigenvalue weighted by atomic mass is 10.0. The molecule has 2 N–H and O–H groups in total. The summed E-state index contributed by atoms with van der Waals surface area (Å²) >= 11 is 0. The van der Waals surface area contributed by atoms with E-state index in [1.165, 1.54) is 50.9 Å². The fourth-order valence-corrected chi connectivity index (χ4v) is 3.79. The van der Waals surface area contributed by atoms with E-state index >= 15 is 0 Å². The van der Waals surface area contributed by atoms with Crippen molar-refractivity contribution in [3.05, 3.63) is 17.5 Å². The molecule has 2 heterocycles. The van der Waals surface area contributed by atoms with Gasteiger partial charge in [-0.3, -0.25) is 9.67 Å². The monoisotopic (exact) mass is 504 g/mol. The van der Waals surface area contributed by atoms with Gasteiger partial charge in [0, 0.05) is 37.9 Å². The molecule has 162 valence electrons. The molecule has 7 heteroatoms. The summed E-state index contributed by atoms with van der Waals surface area (Å²) in [6.07, 6.45) is 7.60. The van der Waals surface area contributed by atoms with Gasteiger partial charge in [-0.25, -0.2) is 0 Å². The lowest BCUT2D eigenvalue weighted by Gasteiger charge is -2.33. The zero-order valence-corrected chi connectivity index (χ0v) is 20.7. The second kappa shape index (κ2) is 14.2. The Morgan fingerprint density at radius 3 is 2.68 bits per heavy atom. The number of guanidine groups is 1. The highest BCUT2D eigenvalue weighted by Crippen LogP contribution is 2.16. The van der Waals surface area contributed by atoms with Gasteiger partial charge < -0.3 is 15.5 Å². The third kappa shape index (κ3) is 9.11.